The lowest BCUT2D eigenvalue weighted by Gasteiger charge is -2.08. The van der Waals surface area contributed by atoms with E-state index in [1.165, 1.54) is 11.1 Å². The quantitative estimate of drug-likeness (QED) is 0.752. The largest absolute Gasteiger partial charge is 0.493 e. The van der Waals surface area contributed by atoms with Gasteiger partial charge >= 0.3 is 0 Å². The molecule has 1 aromatic rings. The number of halogens is 1. The van der Waals surface area contributed by atoms with Gasteiger partial charge in [0, 0.05) is 13.1 Å². The number of hydrogen-bond donors (Lipinski definition) is 2. The molecule has 0 bridgehead atoms. The molecule has 0 heterocycles. The van der Waals surface area contributed by atoms with Gasteiger partial charge in [-0.2, -0.15) is 0 Å². The van der Waals surface area contributed by atoms with Crippen LogP contribution in [0.15, 0.2) is 18.2 Å². The van der Waals surface area contributed by atoms with Gasteiger partial charge in [-0.15, -0.1) is 12.4 Å². The average molecular weight is 287 g/mol. The zero-order valence-electron chi connectivity index (χ0n) is 11.8. The van der Waals surface area contributed by atoms with Crippen molar-refractivity contribution in [1.82, 2.24) is 10.6 Å². The number of carbonyl (C=O) groups excluding carboxylic acids is 1. The maximum Gasteiger partial charge on any atom is 0.223 e. The Balaban J connectivity index is 0.00000324. The van der Waals surface area contributed by atoms with E-state index in [-0.39, 0.29) is 18.3 Å². The lowest BCUT2D eigenvalue weighted by molar-refractivity contribution is -0.121. The van der Waals surface area contributed by atoms with E-state index in [0.29, 0.717) is 19.6 Å². The Morgan fingerprint density at radius 3 is 2.37 bits per heavy atom. The van der Waals surface area contributed by atoms with Crippen LogP contribution in [0.2, 0.25) is 0 Å². The number of rotatable bonds is 7. The molecule has 0 atom stereocenters. The Hall–Kier alpha value is -1.26. The Bertz CT molecular complexity index is 377. The van der Waals surface area contributed by atoms with Crippen LogP contribution in [0, 0.1) is 13.8 Å². The van der Waals surface area contributed by atoms with Gasteiger partial charge in [0.1, 0.15) is 5.75 Å². The first kappa shape index (κ1) is 17.7. The third kappa shape index (κ3) is 7.70. The van der Waals surface area contributed by atoms with E-state index in [0.717, 1.165) is 12.3 Å². The summed E-state index contributed by atoms with van der Waals surface area (Å²) in [5.74, 6) is 0.852. The third-order valence-corrected chi connectivity index (χ3v) is 2.49. The van der Waals surface area contributed by atoms with Crippen LogP contribution in [0.5, 0.6) is 5.75 Å². The van der Waals surface area contributed by atoms with Crippen LogP contribution in [0.4, 0.5) is 0 Å². The summed E-state index contributed by atoms with van der Waals surface area (Å²) < 4.78 is 5.57. The van der Waals surface area contributed by atoms with Gasteiger partial charge in [0.25, 0.3) is 0 Å². The highest BCUT2D eigenvalue weighted by atomic mass is 35.5. The number of benzene rings is 1. The molecule has 0 saturated heterocycles. The second kappa shape index (κ2) is 9.64. The smallest absolute Gasteiger partial charge is 0.223 e. The predicted molar refractivity (Wildman–Crippen MR) is 80.2 cm³/mol. The molecule has 1 amide bonds. The SMILES string of the molecule is CNCCNC(=O)CCOc1cc(C)cc(C)c1.Cl. The summed E-state index contributed by atoms with van der Waals surface area (Å²) in [6.07, 6.45) is 0.386. The molecule has 0 aromatic heterocycles. The molecular formula is C14H23ClN2O2. The van der Waals surface area contributed by atoms with Crippen LogP contribution in [0.25, 0.3) is 0 Å². The summed E-state index contributed by atoms with van der Waals surface area (Å²) in [6, 6.07) is 6.05. The molecule has 1 aromatic carbocycles. The number of ether oxygens (including phenoxy) is 1. The Kier molecular flexibility index (Phi) is 9.00. The molecular weight excluding hydrogens is 264 g/mol. The topological polar surface area (TPSA) is 50.4 Å². The molecule has 0 radical (unpaired) electrons. The van der Waals surface area contributed by atoms with Crippen molar-refractivity contribution in [2.24, 2.45) is 0 Å². The number of amides is 1. The van der Waals surface area contributed by atoms with Crippen molar-refractivity contribution in [2.45, 2.75) is 20.3 Å². The monoisotopic (exact) mass is 286 g/mol. The molecule has 2 N–H and O–H groups in total. The highest BCUT2D eigenvalue weighted by Crippen LogP contribution is 2.16. The van der Waals surface area contributed by atoms with Gasteiger partial charge in [0.15, 0.2) is 0 Å². The van der Waals surface area contributed by atoms with Gasteiger partial charge in [-0.05, 0) is 44.2 Å². The molecule has 0 unspecified atom stereocenters. The summed E-state index contributed by atoms with van der Waals surface area (Å²) >= 11 is 0. The minimum absolute atomic E-state index is 0. The van der Waals surface area contributed by atoms with E-state index >= 15 is 0 Å². The van der Waals surface area contributed by atoms with Crippen LogP contribution in [-0.4, -0.2) is 32.7 Å². The molecule has 4 nitrogen and oxygen atoms in total. The van der Waals surface area contributed by atoms with Gasteiger partial charge in [-0.3, -0.25) is 4.79 Å². The summed E-state index contributed by atoms with van der Waals surface area (Å²) in [5.41, 5.74) is 2.34. The van der Waals surface area contributed by atoms with Crippen LogP contribution in [0.1, 0.15) is 17.5 Å². The lowest BCUT2D eigenvalue weighted by atomic mass is 10.1. The molecule has 1 rings (SSSR count). The number of hydrogen-bond acceptors (Lipinski definition) is 3. The Morgan fingerprint density at radius 1 is 1.16 bits per heavy atom. The number of nitrogens with one attached hydrogen (secondary N) is 2. The Morgan fingerprint density at radius 2 is 1.79 bits per heavy atom. The van der Waals surface area contributed by atoms with Gasteiger partial charge < -0.3 is 15.4 Å². The minimum atomic E-state index is 0. The van der Waals surface area contributed by atoms with Crippen LogP contribution in [0.3, 0.4) is 0 Å². The highest BCUT2D eigenvalue weighted by Gasteiger charge is 2.02. The van der Waals surface area contributed by atoms with E-state index in [2.05, 4.69) is 16.7 Å². The summed E-state index contributed by atoms with van der Waals surface area (Å²) in [5, 5.41) is 5.78. The molecule has 0 aliphatic heterocycles. The number of aryl methyl sites for hydroxylation is 2. The normalized spacial score (nSPS) is 9.63. The van der Waals surface area contributed by atoms with Crippen molar-refractivity contribution >= 4 is 18.3 Å². The zero-order chi connectivity index (χ0) is 13.4. The number of carbonyl (C=O) groups is 1. The zero-order valence-corrected chi connectivity index (χ0v) is 12.6. The maximum absolute atomic E-state index is 11.4. The van der Waals surface area contributed by atoms with Gasteiger partial charge in [0.05, 0.1) is 13.0 Å². The molecule has 0 fully saturated rings. The highest BCUT2D eigenvalue weighted by molar-refractivity contribution is 5.85. The van der Waals surface area contributed by atoms with Crippen LogP contribution < -0.4 is 15.4 Å². The van der Waals surface area contributed by atoms with Gasteiger partial charge in [-0.1, -0.05) is 6.07 Å². The fraction of sp³-hybridized carbons (Fsp3) is 0.500. The van der Waals surface area contributed by atoms with Crippen LogP contribution >= 0.6 is 12.4 Å². The lowest BCUT2D eigenvalue weighted by Crippen LogP contribution is -2.31. The van der Waals surface area contributed by atoms with Crippen molar-refractivity contribution in [3.05, 3.63) is 29.3 Å². The standard InChI is InChI=1S/C14H22N2O2.ClH/c1-11-8-12(2)10-13(9-11)18-7-4-14(17)16-6-5-15-3;/h8-10,15H,4-7H2,1-3H3,(H,16,17);1H. The summed E-state index contributed by atoms with van der Waals surface area (Å²) in [4.78, 5) is 11.4. The maximum atomic E-state index is 11.4. The molecule has 5 heteroatoms. The first-order chi connectivity index (χ1) is 8.61. The molecule has 0 spiro atoms. The average Bonchev–Trinajstić information content (AvgIpc) is 2.28. The van der Waals surface area contributed by atoms with Crippen LogP contribution in [-0.2, 0) is 4.79 Å². The fourth-order valence-corrected chi connectivity index (χ4v) is 1.69. The fourth-order valence-electron chi connectivity index (χ4n) is 1.69. The van der Waals surface area contributed by atoms with E-state index in [1.807, 2.05) is 33.0 Å². The molecule has 19 heavy (non-hydrogen) atoms. The number of likely N-dealkylation sites (N-methyl/N-ethyl adjacent to an activating group) is 1. The summed E-state index contributed by atoms with van der Waals surface area (Å²) in [6.45, 7) is 5.91. The first-order valence-corrected chi connectivity index (χ1v) is 6.24. The predicted octanol–water partition coefficient (Wildman–Crippen LogP) is 1.83. The van der Waals surface area contributed by atoms with E-state index in [1.54, 1.807) is 0 Å². The Labute approximate surface area is 121 Å². The van der Waals surface area contributed by atoms with Crippen molar-refractivity contribution in [3.8, 4) is 5.75 Å². The molecule has 0 aliphatic carbocycles. The van der Waals surface area contributed by atoms with Crippen molar-refractivity contribution in [2.75, 3.05) is 26.7 Å². The minimum Gasteiger partial charge on any atom is -0.493 e. The molecule has 0 saturated carbocycles. The van der Waals surface area contributed by atoms with Crippen molar-refractivity contribution in [3.63, 3.8) is 0 Å². The first-order valence-electron chi connectivity index (χ1n) is 6.24. The van der Waals surface area contributed by atoms with Gasteiger partial charge in [0.2, 0.25) is 5.91 Å². The van der Waals surface area contributed by atoms with E-state index in [4.69, 9.17) is 4.74 Å². The molecule has 108 valence electrons. The van der Waals surface area contributed by atoms with E-state index in [9.17, 15) is 4.79 Å². The van der Waals surface area contributed by atoms with E-state index < -0.39 is 0 Å². The second-order valence-electron chi connectivity index (χ2n) is 4.38. The third-order valence-electron chi connectivity index (χ3n) is 2.49. The van der Waals surface area contributed by atoms with Crippen molar-refractivity contribution < 1.29 is 9.53 Å². The second-order valence-corrected chi connectivity index (χ2v) is 4.38. The van der Waals surface area contributed by atoms with Gasteiger partial charge in [-0.25, -0.2) is 0 Å². The molecule has 0 aliphatic rings. The summed E-state index contributed by atoms with van der Waals surface area (Å²) in [7, 11) is 1.86. The van der Waals surface area contributed by atoms with Crippen molar-refractivity contribution in [1.29, 1.82) is 0 Å².